The molecular weight excluding hydrogens is 252 g/mol. The molecule has 2 nitrogen and oxygen atoms in total. The summed E-state index contributed by atoms with van der Waals surface area (Å²) >= 11 is 6.40. The van der Waals surface area contributed by atoms with Crippen molar-refractivity contribution in [2.24, 2.45) is 0 Å². The molecule has 0 aliphatic rings. The summed E-state index contributed by atoms with van der Waals surface area (Å²) in [6.07, 6.45) is 0. The first-order valence-corrected chi connectivity index (χ1v) is 4.74. The molecule has 0 saturated carbocycles. The molecule has 0 heterocycles. The Bertz CT molecular complexity index is 48.2. The van der Waals surface area contributed by atoms with Gasteiger partial charge in [0.15, 0.2) is 0 Å². The van der Waals surface area contributed by atoms with Gasteiger partial charge in [-0.05, 0) is 6.92 Å². The van der Waals surface area contributed by atoms with Crippen molar-refractivity contribution in [2.75, 3.05) is 17.3 Å². The standard InChI is InChI=1S/C3H6O2.C2H4Br2/c1-2-5-3-4;3-1-2-4/h3H,2H2,1H3;1-2H2. The molecule has 0 unspecified atom stereocenters. The SMILES string of the molecule is BrCCBr.CCOC=O. The van der Waals surface area contributed by atoms with Crippen molar-refractivity contribution >= 4 is 38.3 Å². The summed E-state index contributed by atoms with van der Waals surface area (Å²) in [5.41, 5.74) is 0. The number of alkyl halides is 2. The predicted octanol–water partition coefficient (Wildman–Crippen LogP) is 1.96. The maximum absolute atomic E-state index is 9.18. The largest absolute Gasteiger partial charge is 0.468 e. The summed E-state index contributed by atoms with van der Waals surface area (Å²) in [4.78, 5) is 9.18. The van der Waals surface area contributed by atoms with Gasteiger partial charge in [0, 0.05) is 10.7 Å². The highest BCUT2D eigenvalue weighted by atomic mass is 79.9. The van der Waals surface area contributed by atoms with E-state index in [9.17, 15) is 4.79 Å². The van der Waals surface area contributed by atoms with Gasteiger partial charge < -0.3 is 4.74 Å². The Hall–Kier alpha value is 0.430. The van der Waals surface area contributed by atoms with E-state index in [2.05, 4.69) is 36.6 Å². The smallest absolute Gasteiger partial charge is 0.293 e. The Morgan fingerprint density at radius 3 is 1.89 bits per heavy atom. The average molecular weight is 262 g/mol. The highest BCUT2D eigenvalue weighted by Crippen LogP contribution is 1.82. The fourth-order valence-corrected chi connectivity index (χ4v) is 0.0680. The van der Waals surface area contributed by atoms with Gasteiger partial charge in [0.05, 0.1) is 6.61 Å². The van der Waals surface area contributed by atoms with E-state index in [1.165, 1.54) is 0 Å². The summed E-state index contributed by atoms with van der Waals surface area (Å²) in [6.45, 7) is 2.66. The van der Waals surface area contributed by atoms with E-state index in [1.54, 1.807) is 6.92 Å². The third-order valence-electron chi connectivity index (χ3n) is 0.306. The van der Waals surface area contributed by atoms with Crippen molar-refractivity contribution < 1.29 is 9.53 Å². The normalized spacial score (nSPS) is 7.00. The summed E-state index contributed by atoms with van der Waals surface area (Å²) in [5, 5.41) is 2.10. The van der Waals surface area contributed by atoms with Gasteiger partial charge >= 0.3 is 0 Å². The lowest BCUT2D eigenvalue weighted by Crippen LogP contribution is -1.80. The first-order valence-electron chi connectivity index (χ1n) is 2.50. The Kier molecular flexibility index (Phi) is 21.3. The molecule has 0 aromatic carbocycles. The Morgan fingerprint density at radius 2 is 1.89 bits per heavy atom. The number of halogens is 2. The Balaban J connectivity index is 0. The van der Waals surface area contributed by atoms with Crippen molar-refractivity contribution in [3.8, 4) is 0 Å². The van der Waals surface area contributed by atoms with Crippen molar-refractivity contribution in [1.29, 1.82) is 0 Å². The summed E-state index contributed by atoms with van der Waals surface area (Å²) in [6, 6.07) is 0. The Morgan fingerprint density at radius 1 is 1.44 bits per heavy atom. The highest BCUT2D eigenvalue weighted by Gasteiger charge is 1.61. The first kappa shape index (κ1) is 12.1. The number of hydrogen-bond acceptors (Lipinski definition) is 2. The van der Waals surface area contributed by atoms with Gasteiger partial charge in [-0.3, -0.25) is 4.79 Å². The molecule has 0 fully saturated rings. The van der Waals surface area contributed by atoms with Crippen LogP contribution in [-0.4, -0.2) is 23.7 Å². The Labute approximate surface area is 72.2 Å². The maximum atomic E-state index is 9.18. The van der Waals surface area contributed by atoms with Crippen LogP contribution in [0, 0.1) is 0 Å². The molecule has 0 aromatic rings. The third kappa shape index (κ3) is 29.6. The molecule has 0 amide bonds. The van der Waals surface area contributed by atoms with Crippen LogP contribution in [-0.2, 0) is 9.53 Å². The number of carbonyl (C=O) groups is 1. The summed E-state index contributed by atoms with van der Waals surface area (Å²) < 4.78 is 4.15. The van der Waals surface area contributed by atoms with Gasteiger partial charge in [-0.25, -0.2) is 0 Å². The van der Waals surface area contributed by atoms with Crippen LogP contribution in [0.3, 0.4) is 0 Å². The van der Waals surface area contributed by atoms with E-state index < -0.39 is 0 Å². The second kappa shape index (κ2) is 15.8. The van der Waals surface area contributed by atoms with Crippen LogP contribution in [0.15, 0.2) is 0 Å². The predicted molar refractivity (Wildman–Crippen MR) is 45.3 cm³/mol. The molecule has 0 atom stereocenters. The van der Waals surface area contributed by atoms with Crippen molar-refractivity contribution in [1.82, 2.24) is 0 Å². The molecule has 0 aromatic heterocycles. The van der Waals surface area contributed by atoms with Crippen LogP contribution in [0.1, 0.15) is 6.92 Å². The van der Waals surface area contributed by atoms with Crippen molar-refractivity contribution in [3.63, 3.8) is 0 Å². The van der Waals surface area contributed by atoms with Gasteiger partial charge in [0.2, 0.25) is 0 Å². The van der Waals surface area contributed by atoms with E-state index in [0.29, 0.717) is 13.1 Å². The molecule has 0 radical (unpaired) electrons. The van der Waals surface area contributed by atoms with Gasteiger partial charge in [-0.2, -0.15) is 0 Å². The van der Waals surface area contributed by atoms with E-state index in [1.807, 2.05) is 0 Å². The lowest BCUT2D eigenvalue weighted by atomic mass is 10.9. The fourth-order valence-electron chi connectivity index (χ4n) is 0.0680. The van der Waals surface area contributed by atoms with E-state index in [0.717, 1.165) is 10.7 Å². The minimum Gasteiger partial charge on any atom is -0.468 e. The summed E-state index contributed by atoms with van der Waals surface area (Å²) in [7, 11) is 0. The van der Waals surface area contributed by atoms with E-state index in [4.69, 9.17) is 0 Å². The van der Waals surface area contributed by atoms with Crippen LogP contribution in [0.5, 0.6) is 0 Å². The van der Waals surface area contributed by atoms with E-state index in [-0.39, 0.29) is 0 Å². The van der Waals surface area contributed by atoms with E-state index >= 15 is 0 Å². The average Bonchev–Trinajstić information content (AvgIpc) is 1.91. The molecule has 0 saturated heterocycles. The first-order chi connectivity index (χ1) is 4.33. The maximum Gasteiger partial charge on any atom is 0.293 e. The van der Waals surface area contributed by atoms with Gasteiger partial charge in [0.1, 0.15) is 0 Å². The molecular formula is C5H10Br2O2. The second-order valence-corrected chi connectivity index (χ2v) is 2.52. The lowest BCUT2D eigenvalue weighted by Gasteiger charge is -1.79. The quantitative estimate of drug-likeness (QED) is 0.574. The second-order valence-electron chi connectivity index (χ2n) is 0.930. The lowest BCUT2D eigenvalue weighted by molar-refractivity contribution is -0.128. The number of ether oxygens (including phenoxy) is 1. The molecule has 9 heavy (non-hydrogen) atoms. The molecule has 4 heteroatoms. The summed E-state index contributed by atoms with van der Waals surface area (Å²) in [5.74, 6) is 0. The molecule has 0 N–H and O–H groups in total. The molecule has 0 rings (SSSR count). The van der Waals surface area contributed by atoms with Crippen LogP contribution in [0.2, 0.25) is 0 Å². The van der Waals surface area contributed by atoms with Crippen molar-refractivity contribution in [3.05, 3.63) is 0 Å². The van der Waals surface area contributed by atoms with Crippen LogP contribution >= 0.6 is 31.9 Å². The van der Waals surface area contributed by atoms with Crippen LogP contribution in [0.4, 0.5) is 0 Å². The monoisotopic (exact) mass is 260 g/mol. The fraction of sp³-hybridized carbons (Fsp3) is 0.800. The minimum absolute atomic E-state index is 0.431. The van der Waals surface area contributed by atoms with Gasteiger partial charge in [0.25, 0.3) is 6.47 Å². The number of rotatable bonds is 3. The van der Waals surface area contributed by atoms with Gasteiger partial charge in [-0.15, -0.1) is 0 Å². The zero-order chi connectivity index (χ0) is 7.54. The molecule has 56 valence electrons. The minimum atomic E-state index is 0.431. The number of hydrogen-bond donors (Lipinski definition) is 0. The zero-order valence-electron chi connectivity index (χ0n) is 5.27. The van der Waals surface area contributed by atoms with Crippen molar-refractivity contribution in [2.45, 2.75) is 6.92 Å². The van der Waals surface area contributed by atoms with Crippen LogP contribution in [0.25, 0.3) is 0 Å². The topological polar surface area (TPSA) is 26.3 Å². The molecule has 0 bridgehead atoms. The van der Waals surface area contributed by atoms with Crippen LogP contribution < -0.4 is 0 Å². The highest BCUT2D eigenvalue weighted by molar-refractivity contribution is 9.11. The molecule has 0 aliphatic carbocycles. The zero-order valence-corrected chi connectivity index (χ0v) is 8.44. The number of carbonyl (C=O) groups excluding carboxylic acids is 1. The third-order valence-corrected chi connectivity index (χ3v) is 2.16. The van der Waals surface area contributed by atoms with Gasteiger partial charge in [-0.1, -0.05) is 31.9 Å². The molecule has 0 spiro atoms. The molecule has 0 aliphatic heterocycles.